The molecule has 94 heavy (non-hydrogen) atoms. The van der Waals surface area contributed by atoms with Crippen LogP contribution < -0.4 is 0 Å². The number of hydrogen-bond acceptors (Lipinski definition) is 33. The van der Waals surface area contributed by atoms with E-state index in [0.29, 0.717) is 0 Å². The van der Waals surface area contributed by atoms with Crippen molar-refractivity contribution < 1.29 is 157 Å². The molecule has 34 nitrogen and oxygen atoms in total. The molecule has 528 valence electrons. The molecule has 2 amide bonds. The number of nitrogens with zero attached hydrogens (tertiary/aromatic N) is 1. The number of benzene rings is 1. The zero-order chi connectivity index (χ0) is 68.8. The molecule has 34 heteroatoms. The quantitative estimate of drug-likeness (QED) is 0.0543. The molecule has 6 aliphatic heterocycles. The van der Waals surface area contributed by atoms with Crippen molar-refractivity contribution in [1.29, 1.82) is 0 Å². The summed E-state index contributed by atoms with van der Waals surface area (Å²) in [5, 5.41) is 0. The maximum atomic E-state index is 14.3. The van der Waals surface area contributed by atoms with Gasteiger partial charge in [-0.25, -0.2) is 0 Å². The number of hydrogen-bond donors (Lipinski definition) is 0. The Morgan fingerprint density at radius 3 is 1.10 bits per heavy atom. The molecule has 7 rings (SSSR count). The minimum atomic E-state index is -2.00. The van der Waals surface area contributed by atoms with Crippen LogP contribution in [0.5, 0.6) is 0 Å². The molecule has 10 unspecified atom stereocenters. The summed E-state index contributed by atoms with van der Waals surface area (Å²) in [5.41, 5.74) is 0.125. The lowest BCUT2D eigenvalue weighted by molar-refractivity contribution is -0.393. The molecule has 5 fully saturated rings. The van der Waals surface area contributed by atoms with Crippen LogP contribution in [0.25, 0.3) is 0 Å². The van der Waals surface area contributed by atoms with Gasteiger partial charge in [0, 0.05) is 105 Å². The lowest BCUT2D eigenvalue weighted by Crippen LogP contribution is -2.69. The number of ether oxygens (including phenoxy) is 24. The molecule has 1 aromatic rings. The molecule has 0 aliphatic carbocycles. The van der Waals surface area contributed by atoms with Crippen molar-refractivity contribution in [2.24, 2.45) is 0 Å². The van der Waals surface area contributed by atoms with Crippen LogP contribution in [0.15, 0.2) is 24.3 Å². The van der Waals surface area contributed by atoms with Gasteiger partial charge in [0.1, 0.15) is 105 Å². The fourth-order valence-electron chi connectivity index (χ4n) is 12.2. The van der Waals surface area contributed by atoms with E-state index >= 15 is 0 Å². The van der Waals surface area contributed by atoms with Crippen molar-refractivity contribution >= 4 is 53.6 Å². The number of fused-ring (bicyclic) bond motifs is 1. The van der Waals surface area contributed by atoms with Crippen molar-refractivity contribution in [2.45, 2.75) is 196 Å². The first-order valence-corrected chi connectivity index (χ1v) is 29.9. The summed E-state index contributed by atoms with van der Waals surface area (Å²) in [6.45, 7) is 5.11. The second-order valence-corrected chi connectivity index (χ2v) is 22.4. The van der Waals surface area contributed by atoms with Crippen molar-refractivity contribution in [3.63, 3.8) is 0 Å². The van der Waals surface area contributed by atoms with Crippen LogP contribution in [0.2, 0.25) is 0 Å². The Morgan fingerprint density at radius 2 is 0.702 bits per heavy atom. The minimum absolute atomic E-state index is 0.0624. The Labute approximate surface area is 541 Å². The van der Waals surface area contributed by atoms with Gasteiger partial charge < -0.3 is 114 Å². The Morgan fingerprint density at radius 1 is 0.372 bits per heavy atom. The molecule has 0 saturated carbocycles. The topological polar surface area (TPSA) is 378 Å². The van der Waals surface area contributed by atoms with Gasteiger partial charge in [0.05, 0.1) is 37.5 Å². The van der Waals surface area contributed by atoms with Crippen molar-refractivity contribution in [3.05, 3.63) is 35.4 Å². The van der Waals surface area contributed by atoms with Crippen LogP contribution in [0.1, 0.15) is 69.2 Å². The largest absolute Gasteiger partial charge is 0.463 e. The average Bonchev–Trinajstić information content (AvgIpc) is 0.970. The van der Waals surface area contributed by atoms with E-state index < -0.39 is 221 Å². The fraction of sp³-hybridized carbons (Fsp3) is 0.750. The third kappa shape index (κ3) is 17.9. The van der Waals surface area contributed by atoms with Crippen molar-refractivity contribution in [1.82, 2.24) is 4.90 Å². The third-order valence-corrected chi connectivity index (χ3v) is 16.0. The molecule has 6 aliphatic rings. The number of carbonyl (C=O) groups is 9. The molecule has 24 atom stereocenters. The maximum absolute atomic E-state index is 14.3. The van der Waals surface area contributed by atoms with E-state index in [1.54, 1.807) is 12.1 Å². The highest BCUT2D eigenvalue weighted by Crippen LogP contribution is 2.41. The summed E-state index contributed by atoms with van der Waals surface area (Å²) in [5.74, 6) is -8.17. The fourth-order valence-corrected chi connectivity index (χ4v) is 12.2. The maximum Gasteiger partial charge on any atom is 0.303 e. The molecule has 0 spiro atoms. The van der Waals surface area contributed by atoms with Gasteiger partial charge in [0.2, 0.25) is 0 Å². The van der Waals surface area contributed by atoms with E-state index in [0.717, 1.165) is 53.4 Å². The smallest absolute Gasteiger partial charge is 0.303 e. The Kier molecular flexibility index (Phi) is 27.9. The van der Waals surface area contributed by atoms with Gasteiger partial charge in [0.25, 0.3) is 11.8 Å². The summed E-state index contributed by atoms with van der Waals surface area (Å²) < 4.78 is 146. The van der Waals surface area contributed by atoms with Crippen LogP contribution in [0.4, 0.5) is 0 Å². The first-order chi connectivity index (χ1) is 44.9. The highest BCUT2D eigenvalue weighted by Gasteiger charge is 2.61. The molecule has 5 saturated heterocycles. The summed E-state index contributed by atoms with van der Waals surface area (Å²) in [7, 11) is 11.3. The monoisotopic (exact) mass is 1350 g/mol. The normalized spacial score (nSPS) is 35.8. The Hall–Kier alpha value is -6.03. The molecule has 6 heterocycles. The van der Waals surface area contributed by atoms with E-state index in [9.17, 15) is 43.2 Å². The number of imide groups is 1. The lowest BCUT2D eigenvalue weighted by atomic mass is 9.94. The number of esters is 7. The molecular weight excluding hydrogens is 1260 g/mol. The van der Waals surface area contributed by atoms with E-state index in [1.165, 1.54) is 69.0 Å². The van der Waals surface area contributed by atoms with Crippen molar-refractivity contribution in [2.75, 3.05) is 96.5 Å². The van der Waals surface area contributed by atoms with Crippen LogP contribution in [-0.4, -0.2) is 302 Å². The molecular formula is C60H85NO33. The van der Waals surface area contributed by atoms with E-state index in [4.69, 9.17) is 114 Å². The number of rotatable bonds is 29. The number of methoxy groups -OCH3 is 8. The summed E-state index contributed by atoms with van der Waals surface area (Å²) in [6.07, 6.45) is -34.4. The Bertz CT molecular complexity index is 2720. The predicted molar refractivity (Wildman–Crippen MR) is 305 cm³/mol. The summed E-state index contributed by atoms with van der Waals surface area (Å²) >= 11 is 0. The van der Waals surface area contributed by atoms with Gasteiger partial charge >= 0.3 is 41.8 Å². The first-order valence-electron chi connectivity index (χ1n) is 29.9. The summed E-state index contributed by atoms with van der Waals surface area (Å²) in [6, 6.07) is 6.07. The number of carbonyl (C=O) groups excluding carboxylic acids is 9. The number of amides is 2. The second-order valence-electron chi connectivity index (χ2n) is 22.4. The van der Waals surface area contributed by atoms with Gasteiger partial charge in [-0.1, -0.05) is 12.1 Å². The molecule has 0 aromatic heterocycles. The minimum Gasteiger partial charge on any atom is -0.463 e. The molecule has 0 radical (unpaired) electrons. The van der Waals surface area contributed by atoms with Crippen LogP contribution >= 0.6 is 0 Å². The van der Waals surface area contributed by atoms with Crippen LogP contribution in [0, 0.1) is 0 Å². The molecule has 0 bridgehead atoms. The van der Waals surface area contributed by atoms with E-state index in [1.807, 2.05) is 0 Å². The van der Waals surface area contributed by atoms with Gasteiger partial charge in [0.15, 0.2) is 55.7 Å². The van der Waals surface area contributed by atoms with Gasteiger partial charge in [-0.15, -0.1) is 0 Å². The predicted octanol–water partition coefficient (Wildman–Crippen LogP) is -0.711. The molecule has 0 N–H and O–H groups in total. The first kappa shape index (κ1) is 75.4. The van der Waals surface area contributed by atoms with Gasteiger partial charge in [-0.05, 0) is 12.1 Å². The van der Waals surface area contributed by atoms with E-state index in [-0.39, 0.29) is 30.9 Å². The SMILES string of the molecule is COCC1O[C@@H](O[C@H]2C(OC)C(OC)CO[C@H]2COC)C(OC)[C@@H](OC)[C@@H]1O[C@H]1OC(CN2C(=O)c3ccccc3C2=O)[C@@H](O[C@@H]2O[C@@H](COC(C)=O)[C@@H](O[C@H]3O[C@@H](COC(C)=O)[C@@H](OC(C)=O)C(OC(C)=O)C3OC(C)=O)C(OC(C)=O)C2OC(C)=O)[C@H](OC)C1OC. The average molecular weight is 1350 g/mol. The summed E-state index contributed by atoms with van der Waals surface area (Å²) in [4.78, 5) is 120. The van der Waals surface area contributed by atoms with Crippen LogP contribution in [0.3, 0.4) is 0 Å². The standard InChI is InChI=1S/C60H85NO33/c1-26(62)79-24-39-45(82-28(3)64)49(83-29(4)65)53(85-31(6)67)60(89-39)94-46-40(25-80-27(2)63)90-59(54(86-32(7)68)50(46)84-30(5)66)91-42-35(20-61-55(69)33-18-16-17-19-34(33)56(61)70)87-57(51(77-14)47(42)75-12)93-44-38(22-72-9)88-58(52(78-15)48(44)76-13)92-43-37(21-71-8)81-23-36(73-10)41(43)74-11/h16-19,35-54,57-60H,20-25H2,1-15H3/t35?,36?,37-,38?,39-,40-,41?,42+,43+,44+,45+,46+,47-,48-,49?,50?,51?,52?,53?,54?,57+,58-,59-,60+/m0/s1. The molecule has 1 aromatic carbocycles. The lowest BCUT2D eigenvalue weighted by Gasteiger charge is -2.52. The van der Waals surface area contributed by atoms with Crippen LogP contribution in [-0.2, 0) is 147 Å². The van der Waals surface area contributed by atoms with E-state index in [2.05, 4.69) is 0 Å². The van der Waals surface area contributed by atoms with Gasteiger partial charge in [-0.2, -0.15) is 0 Å². The highest BCUT2D eigenvalue weighted by molar-refractivity contribution is 6.21. The highest BCUT2D eigenvalue weighted by atomic mass is 16.8. The zero-order valence-electron chi connectivity index (χ0n) is 54.8. The van der Waals surface area contributed by atoms with Gasteiger partial charge in [-0.3, -0.25) is 48.1 Å². The van der Waals surface area contributed by atoms with Crippen molar-refractivity contribution in [3.8, 4) is 0 Å². The Balaban J connectivity index is 1.30. The third-order valence-electron chi connectivity index (χ3n) is 16.0. The zero-order valence-corrected chi connectivity index (χ0v) is 54.8. The second kappa shape index (κ2) is 34.8.